The molecule has 1 saturated heterocycles. The Hall–Kier alpha value is -9.75. The Morgan fingerprint density at radius 1 is 0.395 bits per heavy atom. The quantitative estimate of drug-likeness (QED) is 0.0553. The highest BCUT2D eigenvalue weighted by molar-refractivity contribution is 6.16. The number of aliphatic hydroxyl groups is 4. The molecule has 0 radical (unpaired) electrons. The third-order valence-corrected chi connectivity index (χ3v) is 13.6. The van der Waals surface area contributed by atoms with Crippen LogP contribution in [-0.4, -0.2) is 189 Å². The number of carbonyl (C=O) groups is 5. The van der Waals surface area contributed by atoms with Crippen molar-refractivity contribution in [1.82, 2.24) is 0 Å². The molecule has 6 aliphatic rings. The Labute approximate surface area is 417 Å². The summed E-state index contributed by atoms with van der Waals surface area (Å²) in [5.74, 6) is -40.7. The second-order valence-corrected chi connectivity index (χ2v) is 17.6. The lowest BCUT2D eigenvalue weighted by atomic mass is 9.71. The number of cyclic esters (lactones) is 1. The van der Waals surface area contributed by atoms with Crippen molar-refractivity contribution in [2.75, 3.05) is 13.2 Å². The van der Waals surface area contributed by atoms with Crippen molar-refractivity contribution >= 4 is 29.8 Å². The molecule has 1 unspecified atom stereocenters. The van der Waals surface area contributed by atoms with Gasteiger partial charge in [-0.3, -0.25) is 0 Å². The van der Waals surface area contributed by atoms with Gasteiger partial charge < -0.3 is 125 Å². The molecule has 0 amide bonds. The maximum Gasteiger partial charge on any atom is 0.340 e. The molecule has 0 aliphatic carbocycles. The van der Waals surface area contributed by atoms with Crippen molar-refractivity contribution in [1.29, 1.82) is 0 Å². The fourth-order valence-corrected chi connectivity index (χ4v) is 9.99. The van der Waals surface area contributed by atoms with Crippen molar-refractivity contribution in [2.45, 2.75) is 54.4 Å². The van der Waals surface area contributed by atoms with Gasteiger partial charge in [-0.25, -0.2) is 24.0 Å². The topological polar surface area (TPSA) is 525 Å². The van der Waals surface area contributed by atoms with Crippen LogP contribution in [0, 0.1) is 0 Å². The number of aromatic hydroxyl groups is 15. The van der Waals surface area contributed by atoms with Gasteiger partial charge in [0.25, 0.3) is 0 Å². The van der Waals surface area contributed by atoms with Gasteiger partial charge >= 0.3 is 29.8 Å². The average Bonchev–Trinajstić information content (AvgIpc) is 3.53. The van der Waals surface area contributed by atoms with Crippen LogP contribution in [0.3, 0.4) is 0 Å². The summed E-state index contributed by atoms with van der Waals surface area (Å²) < 4.78 is 34.0. The van der Waals surface area contributed by atoms with Gasteiger partial charge in [-0.2, -0.15) is 0 Å². The van der Waals surface area contributed by atoms with Crippen LogP contribution in [0.25, 0.3) is 33.4 Å². The SMILES string of the molecule is O=C1OC[C@H]2OC(=O)c3cc(O)c(O)c(O)c3-c3c(O)c(O)c(O)c4c3C(=O)O[C@@H]([C@@H]2OC(=O)c2cc(O)c(O)c(O)c2-c2c1cc(O)c(O)c2O)[C@H]1OC(=O)c2c-4c(O)c(O)c(O)c2C1[C@]1(O)OC[C@H](O)[C@@H](O)[C@H]1O. The third kappa shape index (κ3) is 6.61. The highest BCUT2D eigenvalue weighted by Gasteiger charge is 2.65. The first kappa shape index (κ1) is 49.8. The predicted molar refractivity (Wildman–Crippen MR) is 233 cm³/mol. The van der Waals surface area contributed by atoms with E-state index in [1.807, 2.05) is 0 Å². The minimum atomic E-state index is -3.72. The number of phenolic OH excluding ortho intramolecular Hbond substituents is 15. The Morgan fingerprint density at radius 2 is 0.789 bits per heavy atom. The highest BCUT2D eigenvalue weighted by atomic mass is 16.7. The van der Waals surface area contributed by atoms with Crippen molar-refractivity contribution in [2.24, 2.45) is 0 Å². The fourth-order valence-electron chi connectivity index (χ4n) is 9.99. The fraction of sp³-hybridized carbons (Fsp3) is 0.239. The number of esters is 5. The predicted octanol–water partition coefficient (Wildman–Crippen LogP) is -0.830. The van der Waals surface area contributed by atoms with E-state index in [-0.39, 0.29) is 12.1 Å². The van der Waals surface area contributed by atoms with E-state index in [2.05, 4.69) is 0 Å². The summed E-state index contributed by atoms with van der Waals surface area (Å²) in [6.45, 7) is -2.84. The first-order valence-corrected chi connectivity index (χ1v) is 21.5. The molecule has 76 heavy (non-hydrogen) atoms. The Balaban J connectivity index is 1.39. The Kier molecular flexibility index (Phi) is 10.9. The zero-order valence-corrected chi connectivity index (χ0v) is 37.3. The molecule has 0 saturated carbocycles. The molecule has 30 nitrogen and oxygen atoms in total. The molecule has 5 aromatic rings. The first-order chi connectivity index (χ1) is 35.7. The second-order valence-electron chi connectivity index (χ2n) is 17.6. The molecule has 6 aliphatic heterocycles. The molecule has 5 aromatic carbocycles. The van der Waals surface area contributed by atoms with E-state index in [4.69, 9.17) is 28.4 Å². The van der Waals surface area contributed by atoms with Gasteiger partial charge in [0.1, 0.15) is 24.9 Å². The van der Waals surface area contributed by atoms with Crippen LogP contribution in [0.4, 0.5) is 0 Å². The van der Waals surface area contributed by atoms with Crippen molar-refractivity contribution < 1.29 is 149 Å². The molecule has 398 valence electrons. The largest absolute Gasteiger partial charge is 0.504 e. The van der Waals surface area contributed by atoms with Gasteiger partial charge in [0.05, 0.1) is 40.3 Å². The highest BCUT2D eigenvalue weighted by Crippen LogP contribution is 2.63. The first-order valence-electron chi connectivity index (χ1n) is 21.5. The van der Waals surface area contributed by atoms with Gasteiger partial charge in [-0.1, -0.05) is 0 Å². The minimum absolute atomic E-state index is 0.271. The molecular formula is C46H34O30. The number of benzene rings is 5. The third-order valence-electron chi connectivity index (χ3n) is 13.6. The molecule has 1 fully saturated rings. The summed E-state index contributed by atoms with van der Waals surface area (Å²) in [6, 6.07) is 0.916. The van der Waals surface area contributed by atoms with Crippen molar-refractivity contribution in [3.63, 3.8) is 0 Å². The molecule has 9 atom stereocenters. The van der Waals surface area contributed by atoms with E-state index in [0.717, 1.165) is 0 Å². The van der Waals surface area contributed by atoms with Crippen LogP contribution in [-0.2, 0) is 28.4 Å². The van der Waals surface area contributed by atoms with Crippen LogP contribution in [0.5, 0.6) is 86.2 Å². The second kappa shape index (κ2) is 16.6. The summed E-state index contributed by atoms with van der Waals surface area (Å²) in [5.41, 5.74) is -16.3. The zero-order valence-electron chi connectivity index (χ0n) is 37.3. The molecule has 11 rings (SSSR count). The lowest BCUT2D eigenvalue weighted by Crippen LogP contribution is -2.68. The maximum atomic E-state index is 15.5. The van der Waals surface area contributed by atoms with Gasteiger partial charge in [0.2, 0.25) is 34.5 Å². The number of fused-ring (bicyclic) bond motifs is 7. The molecule has 0 aromatic heterocycles. The van der Waals surface area contributed by atoms with Crippen LogP contribution in [0.15, 0.2) is 18.2 Å². The Morgan fingerprint density at radius 3 is 1.32 bits per heavy atom. The lowest BCUT2D eigenvalue weighted by Gasteiger charge is -2.51. The summed E-state index contributed by atoms with van der Waals surface area (Å²) in [6.07, 6.45) is -19.3. The number of phenols is 15. The minimum Gasteiger partial charge on any atom is -0.504 e. The lowest BCUT2D eigenvalue weighted by molar-refractivity contribution is -0.341. The molecule has 19 N–H and O–H groups in total. The summed E-state index contributed by atoms with van der Waals surface area (Å²) >= 11 is 0. The van der Waals surface area contributed by atoms with Gasteiger partial charge in [0, 0.05) is 38.9 Å². The van der Waals surface area contributed by atoms with E-state index < -0.39 is 250 Å². The van der Waals surface area contributed by atoms with E-state index in [1.54, 1.807) is 0 Å². The number of rotatable bonds is 1. The van der Waals surface area contributed by atoms with Crippen LogP contribution < -0.4 is 0 Å². The van der Waals surface area contributed by atoms with Crippen LogP contribution >= 0.6 is 0 Å². The zero-order chi connectivity index (χ0) is 55.4. The van der Waals surface area contributed by atoms with E-state index >= 15 is 9.59 Å². The monoisotopic (exact) mass is 1070 g/mol. The van der Waals surface area contributed by atoms with E-state index in [9.17, 15) is 111 Å². The molecule has 6 heterocycles. The van der Waals surface area contributed by atoms with Crippen LogP contribution in [0.2, 0.25) is 0 Å². The summed E-state index contributed by atoms with van der Waals surface area (Å²) in [7, 11) is 0. The molecular weight excluding hydrogens is 1030 g/mol. The van der Waals surface area contributed by atoms with Gasteiger partial charge in [-0.05, 0) is 18.2 Å². The van der Waals surface area contributed by atoms with Crippen molar-refractivity contribution in [3.8, 4) is 120 Å². The average molecular weight is 1070 g/mol. The number of carbonyl (C=O) groups excluding carboxylic acids is 5. The number of hydrogen-bond acceptors (Lipinski definition) is 30. The Bertz CT molecular complexity index is 3510. The number of ether oxygens (including phenoxy) is 6. The van der Waals surface area contributed by atoms with Crippen molar-refractivity contribution in [3.05, 3.63) is 51.6 Å². The van der Waals surface area contributed by atoms with Gasteiger partial charge in [0.15, 0.2) is 81.9 Å². The summed E-state index contributed by atoms with van der Waals surface area (Å²) in [4.78, 5) is 74.4. The number of aliphatic hydroxyl groups excluding tert-OH is 3. The van der Waals surface area contributed by atoms with E-state index in [0.29, 0.717) is 6.07 Å². The van der Waals surface area contributed by atoms with E-state index in [1.165, 1.54) is 0 Å². The molecule has 30 heteroatoms. The van der Waals surface area contributed by atoms with Crippen LogP contribution in [0.1, 0.15) is 63.3 Å². The molecule has 6 bridgehead atoms. The maximum absolute atomic E-state index is 15.5. The standard InChI is InChI=1S/C46H34O30/c47-9-1-6-14(28(55)24(9)51)15-7(2-10(48)25(52)29(15)56)43(67)74-37-13(5-71-41(6)65)73-42(66)8-3-11(49)26(53)30(57)16(8)17-20-18(32(59)35(62)31(17)58)19-21-22(34(61)36(63)33(19)60)23(38(75-45(21)69)39(37)76-44(20)68)46(70)40(64)27(54)12(50)4-72-46/h1-3,12-13,23,27,37-40,47-64,70H,4-5H2/t12-,13+,23?,27+,37+,38-,39-,40+,46-/m0/s1. The smallest absolute Gasteiger partial charge is 0.340 e. The molecule has 0 spiro atoms. The normalized spacial score (nSPS) is 25.7. The summed E-state index contributed by atoms with van der Waals surface area (Å²) in [5, 5.41) is 214. The van der Waals surface area contributed by atoms with Gasteiger partial charge in [-0.15, -0.1) is 0 Å². The number of hydrogen-bond donors (Lipinski definition) is 19.